The Labute approximate surface area is 140 Å². The highest BCUT2D eigenvalue weighted by atomic mass is 32.1. The molecule has 3 rings (SSSR count). The second-order valence-electron chi connectivity index (χ2n) is 5.92. The number of amides is 1. The Balaban J connectivity index is 1.49. The third-order valence-corrected chi connectivity index (χ3v) is 5.32. The second-order valence-corrected chi connectivity index (χ2v) is 6.86. The molecule has 0 aliphatic heterocycles. The van der Waals surface area contributed by atoms with E-state index in [1.165, 1.54) is 0 Å². The van der Waals surface area contributed by atoms with Gasteiger partial charge in [0.05, 0.1) is 16.4 Å². The SMILES string of the molecule is NC[C@H]1CCC[C@H]1C(=O)NCCc1nc(-c2ccccn2)cs1. The third kappa shape index (κ3) is 3.95. The van der Waals surface area contributed by atoms with Crippen LogP contribution < -0.4 is 11.1 Å². The first kappa shape index (κ1) is 16.1. The Morgan fingerprint density at radius 1 is 1.35 bits per heavy atom. The molecular weight excluding hydrogens is 308 g/mol. The van der Waals surface area contributed by atoms with Crippen molar-refractivity contribution in [3.8, 4) is 11.4 Å². The van der Waals surface area contributed by atoms with E-state index in [0.29, 0.717) is 19.0 Å². The summed E-state index contributed by atoms with van der Waals surface area (Å²) in [6.07, 6.45) is 5.68. The van der Waals surface area contributed by atoms with Crippen LogP contribution in [0.25, 0.3) is 11.4 Å². The number of carbonyl (C=O) groups is 1. The predicted molar refractivity (Wildman–Crippen MR) is 91.9 cm³/mol. The van der Waals surface area contributed by atoms with E-state index >= 15 is 0 Å². The molecule has 0 radical (unpaired) electrons. The van der Waals surface area contributed by atoms with Gasteiger partial charge in [-0.05, 0) is 37.4 Å². The molecule has 2 aromatic rings. The Hall–Kier alpha value is -1.79. The minimum Gasteiger partial charge on any atom is -0.355 e. The summed E-state index contributed by atoms with van der Waals surface area (Å²) in [6.45, 7) is 1.24. The maximum absolute atomic E-state index is 12.2. The summed E-state index contributed by atoms with van der Waals surface area (Å²) in [7, 11) is 0. The van der Waals surface area contributed by atoms with E-state index in [-0.39, 0.29) is 11.8 Å². The van der Waals surface area contributed by atoms with Crippen LogP contribution in [0.1, 0.15) is 24.3 Å². The Kier molecular flexibility index (Phi) is 5.35. The molecule has 2 aromatic heterocycles. The fourth-order valence-electron chi connectivity index (χ4n) is 3.15. The lowest BCUT2D eigenvalue weighted by Gasteiger charge is -2.17. The van der Waals surface area contributed by atoms with Crippen molar-refractivity contribution < 1.29 is 4.79 Å². The monoisotopic (exact) mass is 330 g/mol. The molecule has 3 N–H and O–H groups in total. The quantitative estimate of drug-likeness (QED) is 0.851. The first-order valence-corrected chi connectivity index (χ1v) is 8.99. The van der Waals surface area contributed by atoms with E-state index in [0.717, 1.165) is 42.1 Å². The zero-order valence-corrected chi connectivity index (χ0v) is 13.9. The normalized spacial score (nSPS) is 20.6. The van der Waals surface area contributed by atoms with Crippen LogP contribution >= 0.6 is 11.3 Å². The van der Waals surface area contributed by atoms with E-state index in [2.05, 4.69) is 15.3 Å². The smallest absolute Gasteiger partial charge is 0.223 e. The Bertz CT molecular complexity index is 643. The van der Waals surface area contributed by atoms with Gasteiger partial charge >= 0.3 is 0 Å². The van der Waals surface area contributed by atoms with E-state index in [9.17, 15) is 4.79 Å². The Morgan fingerprint density at radius 2 is 2.26 bits per heavy atom. The molecule has 1 amide bonds. The molecule has 1 saturated carbocycles. The summed E-state index contributed by atoms with van der Waals surface area (Å²) in [4.78, 5) is 21.1. The Morgan fingerprint density at radius 3 is 3.04 bits per heavy atom. The molecule has 0 saturated heterocycles. The molecule has 2 atom stereocenters. The van der Waals surface area contributed by atoms with Gasteiger partial charge in [0.15, 0.2) is 0 Å². The summed E-state index contributed by atoms with van der Waals surface area (Å²) < 4.78 is 0. The molecule has 2 heterocycles. The molecular formula is C17H22N4OS. The summed E-state index contributed by atoms with van der Waals surface area (Å²) in [5, 5.41) is 6.08. The van der Waals surface area contributed by atoms with Crippen molar-refractivity contribution in [2.24, 2.45) is 17.6 Å². The van der Waals surface area contributed by atoms with Gasteiger partial charge in [0.1, 0.15) is 0 Å². The molecule has 1 aliphatic carbocycles. The molecule has 1 fully saturated rings. The minimum absolute atomic E-state index is 0.0976. The van der Waals surface area contributed by atoms with Gasteiger partial charge in [-0.1, -0.05) is 12.5 Å². The first-order chi connectivity index (χ1) is 11.3. The van der Waals surface area contributed by atoms with Gasteiger partial charge in [0.2, 0.25) is 5.91 Å². The van der Waals surface area contributed by atoms with Gasteiger partial charge in [-0.25, -0.2) is 4.98 Å². The zero-order valence-electron chi connectivity index (χ0n) is 13.1. The van der Waals surface area contributed by atoms with Crippen LogP contribution in [0.4, 0.5) is 0 Å². The van der Waals surface area contributed by atoms with Crippen LogP contribution in [0.3, 0.4) is 0 Å². The highest BCUT2D eigenvalue weighted by Crippen LogP contribution is 2.30. The summed E-state index contributed by atoms with van der Waals surface area (Å²) >= 11 is 1.61. The van der Waals surface area contributed by atoms with Gasteiger partial charge in [0, 0.05) is 30.5 Å². The summed E-state index contributed by atoms with van der Waals surface area (Å²) in [5.74, 6) is 0.602. The van der Waals surface area contributed by atoms with Crippen LogP contribution in [-0.4, -0.2) is 29.0 Å². The van der Waals surface area contributed by atoms with Gasteiger partial charge in [0.25, 0.3) is 0 Å². The predicted octanol–water partition coefficient (Wildman–Crippen LogP) is 2.24. The van der Waals surface area contributed by atoms with Gasteiger partial charge in [-0.3, -0.25) is 9.78 Å². The van der Waals surface area contributed by atoms with Crippen molar-refractivity contribution in [2.45, 2.75) is 25.7 Å². The molecule has 0 spiro atoms. The number of thiazole rings is 1. The fraction of sp³-hybridized carbons (Fsp3) is 0.471. The van der Waals surface area contributed by atoms with E-state index < -0.39 is 0 Å². The number of hydrogen-bond donors (Lipinski definition) is 2. The maximum Gasteiger partial charge on any atom is 0.223 e. The average molecular weight is 330 g/mol. The number of carbonyl (C=O) groups excluding carboxylic acids is 1. The molecule has 6 heteroatoms. The van der Waals surface area contributed by atoms with Crippen molar-refractivity contribution in [3.63, 3.8) is 0 Å². The van der Waals surface area contributed by atoms with Crippen molar-refractivity contribution in [2.75, 3.05) is 13.1 Å². The topological polar surface area (TPSA) is 80.9 Å². The second kappa shape index (κ2) is 7.66. The van der Waals surface area contributed by atoms with Crippen LogP contribution in [0.2, 0.25) is 0 Å². The summed E-state index contributed by atoms with van der Waals surface area (Å²) in [6, 6.07) is 5.80. The number of nitrogens with one attached hydrogen (secondary N) is 1. The molecule has 122 valence electrons. The number of aromatic nitrogens is 2. The zero-order chi connectivity index (χ0) is 16.1. The van der Waals surface area contributed by atoms with Crippen LogP contribution in [0, 0.1) is 11.8 Å². The lowest BCUT2D eigenvalue weighted by Crippen LogP contribution is -2.36. The lowest BCUT2D eigenvalue weighted by atomic mass is 9.95. The third-order valence-electron chi connectivity index (χ3n) is 4.42. The lowest BCUT2D eigenvalue weighted by molar-refractivity contribution is -0.125. The van der Waals surface area contributed by atoms with Crippen LogP contribution in [-0.2, 0) is 11.2 Å². The van der Waals surface area contributed by atoms with E-state index in [4.69, 9.17) is 5.73 Å². The maximum atomic E-state index is 12.2. The van der Waals surface area contributed by atoms with Crippen molar-refractivity contribution in [3.05, 3.63) is 34.8 Å². The molecule has 0 bridgehead atoms. The number of pyridine rings is 1. The number of hydrogen-bond acceptors (Lipinski definition) is 5. The molecule has 1 aliphatic rings. The van der Waals surface area contributed by atoms with Gasteiger partial charge in [-0.15, -0.1) is 11.3 Å². The van der Waals surface area contributed by atoms with Crippen LogP contribution in [0.15, 0.2) is 29.8 Å². The average Bonchev–Trinajstić information content (AvgIpc) is 3.24. The molecule has 23 heavy (non-hydrogen) atoms. The molecule has 5 nitrogen and oxygen atoms in total. The summed E-state index contributed by atoms with van der Waals surface area (Å²) in [5.41, 5.74) is 7.53. The minimum atomic E-state index is 0.0976. The van der Waals surface area contributed by atoms with E-state index in [1.807, 2.05) is 23.6 Å². The number of rotatable bonds is 6. The van der Waals surface area contributed by atoms with Gasteiger partial charge < -0.3 is 11.1 Å². The van der Waals surface area contributed by atoms with Crippen LogP contribution in [0.5, 0.6) is 0 Å². The largest absolute Gasteiger partial charge is 0.355 e. The number of nitrogens with two attached hydrogens (primary N) is 1. The molecule has 0 aromatic carbocycles. The standard InChI is InChI=1S/C17H22N4OS/c18-10-12-4-3-5-13(12)17(22)20-9-7-16-21-15(11-23-16)14-6-1-2-8-19-14/h1-2,6,8,11-13H,3-5,7,9-10,18H2,(H,20,22)/t12-,13-/m1/s1. The fourth-order valence-corrected chi connectivity index (χ4v) is 3.94. The van der Waals surface area contributed by atoms with Gasteiger partial charge in [-0.2, -0.15) is 0 Å². The van der Waals surface area contributed by atoms with Crippen molar-refractivity contribution in [1.82, 2.24) is 15.3 Å². The van der Waals surface area contributed by atoms with E-state index in [1.54, 1.807) is 17.5 Å². The number of nitrogens with zero attached hydrogens (tertiary/aromatic N) is 2. The first-order valence-electron chi connectivity index (χ1n) is 8.11. The highest BCUT2D eigenvalue weighted by molar-refractivity contribution is 7.09. The molecule has 0 unspecified atom stereocenters. The van der Waals surface area contributed by atoms with Crippen molar-refractivity contribution >= 4 is 17.2 Å². The van der Waals surface area contributed by atoms with Crippen molar-refractivity contribution in [1.29, 1.82) is 0 Å². The highest BCUT2D eigenvalue weighted by Gasteiger charge is 2.31.